The van der Waals surface area contributed by atoms with Crippen molar-refractivity contribution in [2.75, 3.05) is 4.90 Å². The van der Waals surface area contributed by atoms with Gasteiger partial charge >= 0.3 is 0 Å². The molecule has 0 fully saturated rings. The van der Waals surface area contributed by atoms with Crippen LogP contribution in [-0.4, -0.2) is 21.4 Å². The monoisotopic (exact) mass is 718 g/mol. The molecule has 0 saturated carbocycles. The molecule has 6 heteroatoms. The molecule has 1 aliphatic rings. The Morgan fingerprint density at radius 3 is 1.75 bits per heavy atom. The van der Waals surface area contributed by atoms with Crippen molar-refractivity contribution in [1.82, 2.24) is 9.55 Å². The molecule has 0 spiro atoms. The summed E-state index contributed by atoms with van der Waals surface area (Å²) in [4.78, 5) is 36.1. The number of nitriles is 1. The number of benzene rings is 7. The number of aromatic nitrogens is 2. The molecular weight excluding hydrogens is 689 g/mol. The first-order valence-corrected chi connectivity index (χ1v) is 18.3. The Hall–Kier alpha value is -7.88. The minimum Gasteiger partial charge on any atom is -0.308 e. The average Bonchev–Trinajstić information content (AvgIpc) is 3.74. The van der Waals surface area contributed by atoms with Gasteiger partial charge in [-0.05, 0) is 58.7 Å². The number of nitrogens with zero attached hydrogens (tertiary/aromatic N) is 4. The lowest BCUT2D eigenvalue weighted by Crippen LogP contribution is -2.30. The van der Waals surface area contributed by atoms with Gasteiger partial charge in [0.25, 0.3) is 11.8 Å². The van der Waals surface area contributed by atoms with E-state index in [4.69, 9.17) is 0 Å². The topological polar surface area (TPSA) is 79.0 Å². The molecule has 0 bridgehead atoms. The van der Waals surface area contributed by atoms with Gasteiger partial charge < -0.3 is 4.57 Å². The molecule has 2 aromatic heterocycles. The van der Waals surface area contributed by atoms with Crippen molar-refractivity contribution in [3.05, 3.63) is 199 Å². The molecule has 0 N–H and O–H groups in total. The Morgan fingerprint density at radius 2 is 1.07 bits per heavy atom. The van der Waals surface area contributed by atoms with Gasteiger partial charge in [0.2, 0.25) is 0 Å². The molecule has 56 heavy (non-hydrogen) atoms. The summed E-state index contributed by atoms with van der Waals surface area (Å²) in [6, 6.07) is 57.9. The van der Waals surface area contributed by atoms with Crippen molar-refractivity contribution in [2.45, 2.75) is 0 Å². The molecule has 262 valence electrons. The summed E-state index contributed by atoms with van der Waals surface area (Å²) >= 11 is 0. The van der Waals surface area contributed by atoms with Crippen molar-refractivity contribution in [3.63, 3.8) is 0 Å². The zero-order chi connectivity index (χ0) is 37.8. The van der Waals surface area contributed by atoms with Gasteiger partial charge in [0.1, 0.15) is 6.07 Å². The molecule has 6 nitrogen and oxygen atoms in total. The molecule has 10 rings (SSSR count). The van der Waals surface area contributed by atoms with E-state index in [9.17, 15) is 10.1 Å². The van der Waals surface area contributed by atoms with Crippen LogP contribution in [0.2, 0.25) is 0 Å². The third-order valence-electron chi connectivity index (χ3n) is 10.6. The van der Waals surface area contributed by atoms with Crippen LogP contribution < -0.4 is 4.90 Å². The highest BCUT2D eigenvalue weighted by Gasteiger charge is 2.42. The van der Waals surface area contributed by atoms with Crippen LogP contribution in [0.25, 0.3) is 72.0 Å². The van der Waals surface area contributed by atoms with Crippen molar-refractivity contribution < 1.29 is 9.59 Å². The molecule has 2 amide bonds. The summed E-state index contributed by atoms with van der Waals surface area (Å²) in [6.45, 7) is 0. The van der Waals surface area contributed by atoms with Crippen molar-refractivity contribution >= 4 is 39.3 Å². The molecule has 3 heterocycles. The highest BCUT2D eigenvalue weighted by molar-refractivity contribution is 6.37. The zero-order valence-electron chi connectivity index (χ0n) is 29.9. The maximum absolute atomic E-state index is 15.4. The number of amides is 2. The Morgan fingerprint density at radius 1 is 0.482 bits per heavy atom. The lowest BCUT2D eigenvalue weighted by molar-refractivity contribution is 0.0926. The SMILES string of the molecule is N#Cc1cncc(-c2cccc3c4ccccc4n(-c4cccc5c4C(=O)N(c4c(-c6ccccc6)cc(-c6ccccc6)cc4-c4ccccc4)C5=O)c23)c1. The van der Waals surface area contributed by atoms with Crippen LogP contribution in [0.5, 0.6) is 0 Å². The second-order valence-corrected chi connectivity index (χ2v) is 13.8. The summed E-state index contributed by atoms with van der Waals surface area (Å²) in [6.07, 6.45) is 3.29. The molecule has 7 aromatic carbocycles. The fourth-order valence-electron chi connectivity index (χ4n) is 8.16. The number of fused-ring (bicyclic) bond motifs is 4. The van der Waals surface area contributed by atoms with Crippen LogP contribution >= 0.6 is 0 Å². The number of imide groups is 1. The van der Waals surface area contributed by atoms with E-state index in [1.165, 1.54) is 4.90 Å². The first-order valence-electron chi connectivity index (χ1n) is 18.3. The average molecular weight is 719 g/mol. The van der Waals surface area contributed by atoms with E-state index in [0.717, 1.165) is 66.3 Å². The normalized spacial score (nSPS) is 12.3. The Labute approximate surface area is 322 Å². The largest absolute Gasteiger partial charge is 0.308 e. The summed E-state index contributed by atoms with van der Waals surface area (Å²) < 4.78 is 2.08. The molecule has 0 atom stereocenters. The number of pyridine rings is 1. The minimum atomic E-state index is -0.404. The van der Waals surface area contributed by atoms with E-state index >= 15 is 4.79 Å². The number of carbonyl (C=O) groups excluding carboxylic acids is 2. The fourth-order valence-corrected chi connectivity index (χ4v) is 8.16. The molecule has 0 saturated heterocycles. The number of hydrogen-bond donors (Lipinski definition) is 0. The van der Waals surface area contributed by atoms with Crippen LogP contribution in [0.3, 0.4) is 0 Å². The highest BCUT2D eigenvalue weighted by atomic mass is 16.2. The first-order chi connectivity index (χ1) is 27.6. The third kappa shape index (κ3) is 5.14. The van der Waals surface area contributed by atoms with Gasteiger partial charge in [-0.15, -0.1) is 0 Å². The van der Waals surface area contributed by atoms with Crippen LogP contribution in [-0.2, 0) is 0 Å². The molecule has 1 aliphatic heterocycles. The molecule has 0 radical (unpaired) electrons. The van der Waals surface area contributed by atoms with Gasteiger partial charge in [-0.3, -0.25) is 14.6 Å². The number of hydrogen-bond acceptors (Lipinski definition) is 4. The minimum absolute atomic E-state index is 0.323. The van der Waals surface area contributed by atoms with Crippen LogP contribution in [0.15, 0.2) is 182 Å². The van der Waals surface area contributed by atoms with Gasteiger partial charge in [0.15, 0.2) is 0 Å². The number of anilines is 1. The predicted octanol–water partition coefficient (Wildman–Crippen LogP) is 11.5. The second kappa shape index (κ2) is 13.2. The van der Waals surface area contributed by atoms with Crippen molar-refractivity contribution in [2.24, 2.45) is 0 Å². The standard InChI is InChI=1S/C50H30N4O2/c51-29-32-26-37(31-52-30-32)38-21-12-22-40-39-20-10-11-24-44(39)53(47(38)40)45-25-13-23-41-46(45)50(56)54(49(41)55)48-42(34-16-6-2-7-17-34)27-36(33-14-4-1-5-15-33)28-43(48)35-18-8-3-9-19-35/h1-28,30-31H. The van der Waals surface area contributed by atoms with Gasteiger partial charge in [0.05, 0.1) is 39.1 Å². The third-order valence-corrected chi connectivity index (χ3v) is 10.6. The summed E-state index contributed by atoms with van der Waals surface area (Å²) in [7, 11) is 0. The fraction of sp³-hybridized carbons (Fsp3) is 0. The molecule has 9 aromatic rings. The zero-order valence-corrected chi connectivity index (χ0v) is 29.9. The number of rotatable bonds is 6. The van der Waals surface area contributed by atoms with E-state index < -0.39 is 5.91 Å². The smallest absolute Gasteiger partial charge is 0.268 e. The van der Waals surface area contributed by atoms with Gasteiger partial charge in [-0.2, -0.15) is 5.26 Å². The quantitative estimate of drug-likeness (QED) is 0.160. The lowest BCUT2D eigenvalue weighted by atomic mass is 9.90. The first kappa shape index (κ1) is 32.7. The van der Waals surface area contributed by atoms with Gasteiger partial charge in [0, 0.05) is 45.4 Å². The Kier molecular flexibility index (Phi) is 7.72. The Bertz CT molecular complexity index is 3010. The maximum atomic E-state index is 15.4. The maximum Gasteiger partial charge on any atom is 0.268 e. The van der Waals surface area contributed by atoms with E-state index in [1.807, 2.05) is 127 Å². The molecule has 0 unspecified atom stereocenters. The van der Waals surface area contributed by atoms with Crippen molar-refractivity contribution in [1.29, 1.82) is 5.26 Å². The van der Waals surface area contributed by atoms with Crippen LogP contribution in [0.4, 0.5) is 5.69 Å². The number of para-hydroxylation sites is 2. The Balaban J connectivity index is 1.25. The van der Waals surface area contributed by atoms with E-state index in [1.54, 1.807) is 18.5 Å². The van der Waals surface area contributed by atoms with Crippen LogP contribution in [0, 0.1) is 11.3 Å². The molecule has 0 aliphatic carbocycles. The van der Waals surface area contributed by atoms with E-state index in [-0.39, 0.29) is 5.91 Å². The van der Waals surface area contributed by atoms with Gasteiger partial charge in [-0.1, -0.05) is 133 Å². The molecular formula is C50H30N4O2. The van der Waals surface area contributed by atoms with Crippen molar-refractivity contribution in [3.8, 4) is 56.3 Å². The van der Waals surface area contributed by atoms with E-state index in [0.29, 0.717) is 28.1 Å². The van der Waals surface area contributed by atoms with Gasteiger partial charge in [-0.25, -0.2) is 4.90 Å². The summed E-state index contributed by atoms with van der Waals surface area (Å²) in [5, 5.41) is 11.7. The summed E-state index contributed by atoms with van der Waals surface area (Å²) in [5.74, 6) is -0.792. The number of carbonyl (C=O) groups is 2. The van der Waals surface area contributed by atoms with E-state index in [2.05, 4.69) is 52.0 Å². The highest BCUT2D eigenvalue weighted by Crippen LogP contribution is 2.47. The predicted molar refractivity (Wildman–Crippen MR) is 223 cm³/mol. The lowest BCUT2D eigenvalue weighted by Gasteiger charge is -2.24. The van der Waals surface area contributed by atoms with Crippen LogP contribution in [0.1, 0.15) is 26.3 Å². The second-order valence-electron chi connectivity index (χ2n) is 13.8. The summed E-state index contributed by atoms with van der Waals surface area (Å²) in [5.41, 5.74) is 10.9.